The van der Waals surface area contributed by atoms with Crippen molar-refractivity contribution in [1.82, 2.24) is 10.2 Å². The predicted molar refractivity (Wildman–Crippen MR) is 158 cm³/mol. The molecule has 0 fully saturated rings. The van der Waals surface area contributed by atoms with Crippen molar-refractivity contribution in [2.24, 2.45) is 0 Å². The molecule has 0 aromatic heterocycles. The number of hydrogen-bond acceptors (Lipinski definition) is 5. The lowest BCUT2D eigenvalue weighted by Crippen LogP contribution is -2.51. The highest BCUT2D eigenvalue weighted by atomic mass is 35.5. The fourth-order valence-electron chi connectivity index (χ4n) is 4.07. The van der Waals surface area contributed by atoms with Crippen molar-refractivity contribution in [2.45, 2.75) is 51.1 Å². The Hall–Kier alpha value is -3.56. The molecule has 0 aliphatic rings. The van der Waals surface area contributed by atoms with Gasteiger partial charge >= 0.3 is 0 Å². The zero-order valence-electron chi connectivity index (χ0n) is 23.3. The topological polar surface area (TPSA) is 96.0 Å². The first kappa shape index (κ1) is 31.0. The quantitative estimate of drug-likeness (QED) is 0.279. The van der Waals surface area contributed by atoms with E-state index >= 15 is 0 Å². The summed E-state index contributed by atoms with van der Waals surface area (Å²) in [4.78, 5) is 28.4. The number of carbonyl (C=O) groups excluding carboxylic acids is 2. The number of halogens is 1. The van der Waals surface area contributed by atoms with E-state index in [1.807, 2.05) is 38.1 Å². The Morgan fingerprint density at radius 3 is 2.30 bits per heavy atom. The third-order valence-electron chi connectivity index (χ3n) is 6.50. The fourth-order valence-corrected chi connectivity index (χ4v) is 5.75. The minimum absolute atomic E-state index is 0.0187. The van der Waals surface area contributed by atoms with Crippen molar-refractivity contribution >= 4 is 39.1 Å². The molecular weight excluding hydrogens is 550 g/mol. The highest BCUT2D eigenvalue weighted by molar-refractivity contribution is 7.92. The molecule has 0 bridgehead atoms. The highest BCUT2D eigenvalue weighted by Gasteiger charge is 2.32. The van der Waals surface area contributed by atoms with Crippen molar-refractivity contribution in [3.8, 4) is 5.75 Å². The van der Waals surface area contributed by atoms with Crippen molar-refractivity contribution in [2.75, 3.05) is 24.5 Å². The van der Waals surface area contributed by atoms with Crippen LogP contribution in [0, 0.1) is 6.92 Å². The van der Waals surface area contributed by atoms with Crippen LogP contribution in [0.15, 0.2) is 77.7 Å². The lowest BCUT2D eigenvalue weighted by molar-refractivity contribution is -0.139. The molecule has 0 aliphatic carbocycles. The Morgan fingerprint density at radius 1 is 1.02 bits per heavy atom. The van der Waals surface area contributed by atoms with Gasteiger partial charge in [-0.05, 0) is 56.2 Å². The molecule has 0 unspecified atom stereocenters. The standard InChI is InChI=1S/C30H36ClN3O5S/c1-5-6-18-32-30(36)23(3)33(20-24-14-12-22(2)13-15-24)29(35)21-34(25-16-17-28(39-4)27(31)19-25)40(37,38)26-10-8-7-9-11-26/h7-17,19,23H,5-6,18,20-21H2,1-4H3,(H,32,36)/t23-/m0/s1. The average molecular weight is 586 g/mol. The Balaban J connectivity index is 2.02. The van der Waals surface area contributed by atoms with E-state index in [9.17, 15) is 18.0 Å². The predicted octanol–water partition coefficient (Wildman–Crippen LogP) is 5.19. The summed E-state index contributed by atoms with van der Waals surface area (Å²) in [7, 11) is -2.72. The van der Waals surface area contributed by atoms with E-state index in [-0.39, 0.29) is 28.1 Å². The summed E-state index contributed by atoms with van der Waals surface area (Å²) in [6.07, 6.45) is 1.73. The molecule has 3 aromatic rings. The summed E-state index contributed by atoms with van der Waals surface area (Å²) in [5.74, 6) is -0.476. The molecule has 2 amide bonds. The lowest BCUT2D eigenvalue weighted by Gasteiger charge is -2.32. The van der Waals surface area contributed by atoms with Gasteiger partial charge in [0.2, 0.25) is 11.8 Å². The number of nitrogens with one attached hydrogen (secondary N) is 1. The van der Waals surface area contributed by atoms with Crippen LogP contribution in [-0.4, -0.2) is 51.4 Å². The number of aryl methyl sites for hydroxylation is 1. The van der Waals surface area contributed by atoms with Crippen molar-refractivity contribution < 1.29 is 22.7 Å². The molecule has 3 aromatic carbocycles. The molecule has 8 nitrogen and oxygen atoms in total. The molecule has 10 heteroatoms. The number of benzene rings is 3. The maximum Gasteiger partial charge on any atom is 0.264 e. The summed E-state index contributed by atoms with van der Waals surface area (Å²) in [5.41, 5.74) is 2.07. The van der Waals surface area contributed by atoms with Gasteiger partial charge in [0.05, 0.1) is 22.7 Å². The van der Waals surface area contributed by atoms with E-state index in [4.69, 9.17) is 16.3 Å². The molecule has 0 spiro atoms. The molecule has 0 radical (unpaired) electrons. The van der Waals surface area contributed by atoms with Crippen LogP contribution in [0.25, 0.3) is 0 Å². The molecule has 1 atom stereocenters. The van der Waals surface area contributed by atoms with E-state index in [1.54, 1.807) is 31.2 Å². The molecule has 40 heavy (non-hydrogen) atoms. The van der Waals surface area contributed by atoms with E-state index in [0.29, 0.717) is 12.3 Å². The summed E-state index contributed by atoms with van der Waals surface area (Å²) in [6, 6.07) is 19.2. The minimum atomic E-state index is -4.18. The van der Waals surface area contributed by atoms with Crippen LogP contribution >= 0.6 is 11.6 Å². The number of ether oxygens (including phenoxy) is 1. The summed E-state index contributed by atoms with van der Waals surface area (Å²) in [5, 5.41) is 3.07. The first-order valence-corrected chi connectivity index (χ1v) is 14.9. The molecule has 1 N–H and O–H groups in total. The minimum Gasteiger partial charge on any atom is -0.495 e. The Morgan fingerprint density at radius 2 is 1.70 bits per heavy atom. The Labute approximate surface area is 241 Å². The van der Waals surface area contributed by atoms with Crippen molar-refractivity contribution in [1.29, 1.82) is 0 Å². The van der Waals surface area contributed by atoms with Gasteiger partial charge in [0.25, 0.3) is 10.0 Å². The number of nitrogens with zero attached hydrogens (tertiary/aromatic N) is 2. The second-order valence-electron chi connectivity index (χ2n) is 9.47. The summed E-state index contributed by atoms with van der Waals surface area (Å²) < 4.78 is 33.9. The zero-order valence-corrected chi connectivity index (χ0v) is 24.8. The largest absolute Gasteiger partial charge is 0.495 e. The summed E-state index contributed by atoms with van der Waals surface area (Å²) >= 11 is 6.35. The number of amides is 2. The maximum absolute atomic E-state index is 13.9. The lowest BCUT2D eigenvalue weighted by atomic mass is 10.1. The molecule has 0 saturated heterocycles. The van der Waals surface area contributed by atoms with Gasteiger partial charge in [-0.15, -0.1) is 0 Å². The number of rotatable bonds is 13. The first-order chi connectivity index (χ1) is 19.1. The van der Waals surface area contributed by atoms with Crippen LogP contribution in [0.5, 0.6) is 5.75 Å². The Kier molecular flexibility index (Phi) is 11.0. The van der Waals surface area contributed by atoms with Crippen LogP contribution in [0.2, 0.25) is 5.02 Å². The fraction of sp³-hybridized carbons (Fsp3) is 0.333. The molecule has 3 rings (SSSR count). The molecular formula is C30H36ClN3O5S. The number of unbranched alkanes of at least 4 members (excludes halogenated alkanes) is 1. The van der Waals surface area contributed by atoms with E-state index < -0.39 is 28.5 Å². The SMILES string of the molecule is CCCCNC(=O)[C@H](C)N(Cc1ccc(C)cc1)C(=O)CN(c1ccc(OC)c(Cl)c1)S(=O)(=O)c1ccccc1. The first-order valence-electron chi connectivity index (χ1n) is 13.1. The second kappa shape index (κ2) is 14.2. The number of carbonyl (C=O) groups is 2. The molecule has 0 heterocycles. The third kappa shape index (κ3) is 7.76. The number of sulfonamides is 1. The van der Waals surface area contributed by atoms with Gasteiger partial charge in [-0.2, -0.15) is 0 Å². The van der Waals surface area contributed by atoms with E-state index in [2.05, 4.69) is 5.32 Å². The van der Waals surface area contributed by atoms with E-state index in [1.165, 1.54) is 36.3 Å². The van der Waals surface area contributed by atoms with Crippen LogP contribution in [-0.2, 0) is 26.2 Å². The second-order valence-corrected chi connectivity index (χ2v) is 11.7. The van der Waals surface area contributed by atoms with Crippen molar-refractivity contribution in [3.63, 3.8) is 0 Å². The van der Waals surface area contributed by atoms with Gasteiger partial charge in [-0.1, -0.05) is 73.0 Å². The number of hydrogen-bond donors (Lipinski definition) is 1. The monoisotopic (exact) mass is 585 g/mol. The van der Waals surface area contributed by atoms with Crippen LogP contribution in [0.1, 0.15) is 37.8 Å². The van der Waals surface area contributed by atoms with Gasteiger partial charge in [0, 0.05) is 13.1 Å². The zero-order chi connectivity index (χ0) is 29.3. The maximum atomic E-state index is 13.9. The van der Waals surface area contributed by atoms with Crippen LogP contribution in [0.4, 0.5) is 5.69 Å². The highest BCUT2D eigenvalue weighted by Crippen LogP contribution is 2.32. The third-order valence-corrected chi connectivity index (χ3v) is 8.59. The summed E-state index contributed by atoms with van der Waals surface area (Å²) in [6.45, 7) is 5.71. The van der Waals surface area contributed by atoms with Gasteiger partial charge in [-0.25, -0.2) is 8.42 Å². The van der Waals surface area contributed by atoms with Crippen LogP contribution in [0.3, 0.4) is 0 Å². The van der Waals surface area contributed by atoms with Gasteiger partial charge in [0.1, 0.15) is 18.3 Å². The number of methoxy groups -OCH3 is 1. The normalized spacial score (nSPS) is 11.9. The number of anilines is 1. The van der Waals surface area contributed by atoms with Gasteiger partial charge in [0.15, 0.2) is 0 Å². The van der Waals surface area contributed by atoms with Crippen molar-refractivity contribution in [3.05, 3.63) is 88.9 Å². The molecule has 0 saturated carbocycles. The molecule has 0 aliphatic heterocycles. The van der Waals surface area contributed by atoms with Gasteiger partial charge < -0.3 is 15.0 Å². The smallest absolute Gasteiger partial charge is 0.264 e. The molecule has 214 valence electrons. The van der Waals surface area contributed by atoms with E-state index in [0.717, 1.165) is 28.3 Å². The average Bonchev–Trinajstić information content (AvgIpc) is 2.95. The van der Waals surface area contributed by atoms with Crippen LogP contribution < -0.4 is 14.4 Å². The Bertz CT molecular complexity index is 1400. The van der Waals surface area contributed by atoms with Gasteiger partial charge in [-0.3, -0.25) is 13.9 Å².